The number of piperazine rings is 1. The van der Waals surface area contributed by atoms with Gasteiger partial charge in [-0.2, -0.15) is 0 Å². The van der Waals surface area contributed by atoms with Gasteiger partial charge in [-0.25, -0.2) is 4.79 Å². The minimum atomic E-state index is -0.452. The van der Waals surface area contributed by atoms with E-state index < -0.39 is 5.60 Å². The number of carbonyl (C=O) groups excluding carboxylic acids is 1. The predicted molar refractivity (Wildman–Crippen MR) is 89.2 cm³/mol. The number of ether oxygens (including phenoxy) is 1. The van der Waals surface area contributed by atoms with Gasteiger partial charge in [0, 0.05) is 41.4 Å². The van der Waals surface area contributed by atoms with E-state index in [2.05, 4.69) is 20.8 Å². The Morgan fingerprint density at radius 1 is 1.19 bits per heavy atom. The molecule has 0 aliphatic carbocycles. The van der Waals surface area contributed by atoms with Crippen molar-refractivity contribution in [2.24, 2.45) is 0 Å². The number of rotatable bonds is 1. The lowest BCUT2D eigenvalue weighted by molar-refractivity contribution is 0.0240. The molecule has 4 nitrogen and oxygen atoms in total. The quantitative estimate of drug-likeness (QED) is 0.739. The number of amides is 1. The number of halogens is 2. The van der Waals surface area contributed by atoms with Crippen LogP contribution < -0.4 is 4.90 Å². The first-order chi connectivity index (χ1) is 9.74. The molecule has 0 aromatic heterocycles. The van der Waals surface area contributed by atoms with Crippen LogP contribution in [0.3, 0.4) is 0 Å². The highest BCUT2D eigenvalue weighted by molar-refractivity contribution is 9.10. The molecule has 21 heavy (non-hydrogen) atoms. The molecule has 6 heteroatoms. The summed E-state index contributed by atoms with van der Waals surface area (Å²) in [7, 11) is 0. The zero-order valence-corrected chi connectivity index (χ0v) is 14.9. The van der Waals surface area contributed by atoms with Gasteiger partial charge in [-0.1, -0.05) is 27.5 Å². The second-order valence-electron chi connectivity index (χ2n) is 6.08. The summed E-state index contributed by atoms with van der Waals surface area (Å²) in [5.74, 6) is 0. The van der Waals surface area contributed by atoms with Gasteiger partial charge in [0.25, 0.3) is 0 Å². The maximum Gasteiger partial charge on any atom is 0.410 e. The van der Waals surface area contributed by atoms with Crippen LogP contribution >= 0.6 is 27.5 Å². The Labute approximate surface area is 139 Å². The molecule has 1 heterocycles. The summed E-state index contributed by atoms with van der Waals surface area (Å²) in [6.07, 6.45) is -0.241. The number of benzene rings is 1. The normalized spacial score (nSPS) is 16.0. The SMILES string of the molecule is CC(C)(C)OC(=O)N1CCN(c2cc(Cl)cc(Br)c2)CC1. The van der Waals surface area contributed by atoms with E-state index in [4.69, 9.17) is 16.3 Å². The summed E-state index contributed by atoms with van der Waals surface area (Å²) in [5.41, 5.74) is 0.615. The van der Waals surface area contributed by atoms with E-state index in [1.54, 1.807) is 4.90 Å². The average molecular weight is 376 g/mol. The van der Waals surface area contributed by atoms with Gasteiger partial charge in [0.05, 0.1) is 0 Å². The molecule has 0 unspecified atom stereocenters. The van der Waals surface area contributed by atoms with Gasteiger partial charge in [-0.05, 0) is 39.0 Å². The molecule has 0 radical (unpaired) electrons. The van der Waals surface area contributed by atoms with E-state index in [1.807, 2.05) is 39.0 Å². The van der Waals surface area contributed by atoms with Crippen LogP contribution in [0.5, 0.6) is 0 Å². The molecule has 0 atom stereocenters. The fourth-order valence-electron chi connectivity index (χ4n) is 2.20. The molecule has 1 aliphatic heterocycles. The number of anilines is 1. The summed E-state index contributed by atoms with van der Waals surface area (Å²) >= 11 is 9.53. The Hall–Kier alpha value is -0.940. The fourth-order valence-corrected chi connectivity index (χ4v) is 3.04. The summed E-state index contributed by atoms with van der Waals surface area (Å²) in [6, 6.07) is 5.84. The van der Waals surface area contributed by atoms with Crippen molar-refractivity contribution in [3.63, 3.8) is 0 Å². The molecular weight excluding hydrogens is 356 g/mol. The van der Waals surface area contributed by atoms with E-state index in [0.29, 0.717) is 18.1 Å². The molecule has 1 amide bonds. The summed E-state index contributed by atoms with van der Waals surface area (Å²) in [6.45, 7) is 8.48. The van der Waals surface area contributed by atoms with Gasteiger partial charge >= 0.3 is 6.09 Å². The highest BCUT2D eigenvalue weighted by atomic mass is 79.9. The molecule has 0 spiro atoms. The van der Waals surface area contributed by atoms with E-state index in [-0.39, 0.29) is 6.09 Å². The van der Waals surface area contributed by atoms with Gasteiger partial charge in [0.2, 0.25) is 0 Å². The van der Waals surface area contributed by atoms with Crippen LogP contribution in [0, 0.1) is 0 Å². The van der Waals surface area contributed by atoms with Crippen molar-refractivity contribution in [2.45, 2.75) is 26.4 Å². The molecule has 0 N–H and O–H groups in total. The van der Waals surface area contributed by atoms with Crippen LogP contribution in [0.25, 0.3) is 0 Å². The van der Waals surface area contributed by atoms with Gasteiger partial charge in [-0.15, -0.1) is 0 Å². The maximum absolute atomic E-state index is 12.0. The topological polar surface area (TPSA) is 32.8 Å². The number of hydrogen-bond acceptors (Lipinski definition) is 3. The van der Waals surface area contributed by atoms with Gasteiger partial charge in [-0.3, -0.25) is 0 Å². The highest BCUT2D eigenvalue weighted by Gasteiger charge is 2.26. The Kier molecular flexibility index (Phi) is 5.04. The lowest BCUT2D eigenvalue weighted by Gasteiger charge is -2.36. The minimum absolute atomic E-state index is 0.241. The van der Waals surface area contributed by atoms with Crippen molar-refractivity contribution in [3.05, 3.63) is 27.7 Å². The third-order valence-corrected chi connectivity index (χ3v) is 3.82. The monoisotopic (exact) mass is 374 g/mol. The van der Waals surface area contributed by atoms with Crippen molar-refractivity contribution in [2.75, 3.05) is 31.1 Å². The minimum Gasteiger partial charge on any atom is -0.444 e. The molecule has 2 rings (SSSR count). The van der Waals surface area contributed by atoms with Crippen LogP contribution in [-0.4, -0.2) is 42.8 Å². The van der Waals surface area contributed by atoms with Crippen molar-refractivity contribution in [1.82, 2.24) is 4.90 Å². The molecule has 1 aromatic carbocycles. The van der Waals surface area contributed by atoms with Gasteiger partial charge in [0.1, 0.15) is 5.60 Å². The smallest absolute Gasteiger partial charge is 0.410 e. The molecule has 1 fully saturated rings. The maximum atomic E-state index is 12.0. The van der Waals surface area contributed by atoms with Crippen molar-refractivity contribution in [1.29, 1.82) is 0 Å². The fraction of sp³-hybridized carbons (Fsp3) is 0.533. The molecule has 1 aromatic rings. The summed E-state index contributed by atoms with van der Waals surface area (Å²) < 4.78 is 6.35. The van der Waals surface area contributed by atoms with E-state index in [9.17, 15) is 4.79 Å². The Bertz CT molecular complexity index is 503. The third kappa shape index (κ3) is 4.78. The highest BCUT2D eigenvalue weighted by Crippen LogP contribution is 2.26. The van der Waals surface area contributed by atoms with E-state index >= 15 is 0 Å². The summed E-state index contributed by atoms with van der Waals surface area (Å²) in [4.78, 5) is 16.0. The molecule has 0 bridgehead atoms. The standard InChI is InChI=1S/C15H20BrClN2O2/c1-15(2,3)21-14(20)19-6-4-18(5-7-19)13-9-11(16)8-12(17)10-13/h8-10H,4-7H2,1-3H3. The van der Waals surface area contributed by atoms with Crippen LogP contribution in [0.4, 0.5) is 10.5 Å². The van der Waals surface area contributed by atoms with E-state index in [1.165, 1.54) is 0 Å². The van der Waals surface area contributed by atoms with Crippen molar-refractivity contribution >= 4 is 39.3 Å². The first-order valence-corrected chi connectivity index (χ1v) is 8.11. The predicted octanol–water partition coefficient (Wildman–Crippen LogP) is 4.16. The lowest BCUT2D eigenvalue weighted by atomic mass is 10.2. The van der Waals surface area contributed by atoms with Gasteiger partial charge < -0.3 is 14.5 Å². The number of nitrogens with zero attached hydrogens (tertiary/aromatic N) is 2. The van der Waals surface area contributed by atoms with Crippen LogP contribution in [0.15, 0.2) is 22.7 Å². The zero-order valence-electron chi connectivity index (χ0n) is 12.5. The number of hydrogen-bond donors (Lipinski definition) is 0. The van der Waals surface area contributed by atoms with E-state index in [0.717, 1.165) is 23.2 Å². The number of carbonyl (C=O) groups is 1. The first kappa shape index (κ1) is 16.4. The Balaban J connectivity index is 1.95. The van der Waals surface area contributed by atoms with Crippen molar-refractivity contribution in [3.8, 4) is 0 Å². The van der Waals surface area contributed by atoms with Crippen LogP contribution in [-0.2, 0) is 4.74 Å². The molecule has 0 saturated carbocycles. The molecule has 1 saturated heterocycles. The largest absolute Gasteiger partial charge is 0.444 e. The molecule has 1 aliphatic rings. The first-order valence-electron chi connectivity index (χ1n) is 6.93. The average Bonchev–Trinajstić information content (AvgIpc) is 2.35. The lowest BCUT2D eigenvalue weighted by Crippen LogP contribution is -2.50. The second-order valence-corrected chi connectivity index (χ2v) is 7.43. The Morgan fingerprint density at radius 2 is 1.81 bits per heavy atom. The Morgan fingerprint density at radius 3 is 2.33 bits per heavy atom. The second kappa shape index (κ2) is 6.44. The van der Waals surface area contributed by atoms with Crippen molar-refractivity contribution < 1.29 is 9.53 Å². The van der Waals surface area contributed by atoms with Crippen LogP contribution in [0.2, 0.25) is 5.02 Å². The van der Waals surface area contributed by atoms with Gasteiger partial charge in [0.15, 0.2) is 0 Å². The molecule has 116 valence electrons. The zero-order chi connectivity index (χ0) is 15.6. The summed E-state index contributed by atoms with van der Waals surface area (Å²) in [5, 5.41) is 0.703. The molecular formula is C15H20BrClN2O2. The third-order valence-electron chi connectivity index (χ3n) is 3.14. The van der Waals surface area contributed by atoms with Crippen LogP contribution in [0.1, 0.15) is 20.8 Å².